The average Bonchev–Trinajstić information content (AvgIpc) is 2.87. The highest BCUT2D eigenvalue weighted by molar-refractivity contribution is 7.90. The normalized spacial score (nSPS) is 19.3. The molecule has 110 valence electrons. The summed E-state index contributed by atoms with van der Waals surface area (Å²) in [5.41, 5.74) is 0.706. The van der Waals surface area contributed by atoms with Gasteiger partial charge in [-0.3, -0.25) is 4.79 Å². The number of halogens is 1. The van der Waals surface area contributed by atoms with E-state index in [0.717, 1.165) is 12.8 Å². The summed E-state index contributed by atoms with van der Waals surface area (Å²) in [4.78, 5) is 13.6. The van der Waals surface area contributed by atoms with Crippen LogP contribution in [0.15, 0.2) is 24.3 Å². The second-order valence-corrected chi connectivity index (χ2v) is 6.69. The van der Waals surface area contributed by atoms with E-state index in [4.69, 9.17) is 0 Å². The Morgan fingerprint density at radius 1 is 1.50 bits per heavy atom. The summed E-state index contributed by atoms with van der Waals surface area (Å²) in [6.45, 7) is 0.499. The van der Waals surface area contributed by atoms with E-state index in [9.17, 15) is 17.6 Å². The van der Waals surface area contributed by atoms with E-state index >= 15 is 0 Å². The fourth-order valence-electron chi connectivity index (χ4n) is 2.44. The van der Waals surface area contributed by atoms with Gasteiger partial charge >= 0.3 is 0 Å². The fourth-order valence-corrected chi connectivity index (χ4v) is 3.08. The van der Waals surface area contributed by atoms with Crippen LogP contribution in [0.4, 0.5) is 4.39 Å². The second-order valence-electron chi connectivity index (χ2n) is 4.76. The number of benzene rings is 1. The van der Waals surface area contributed by atoms with Crippen molar-refractivity contribution < 1.29 is 17.6 Å². The molecule has 2 rings (SSSR count). The van der Waals surface area contributed by atoms with Crippen molar-refractivity contribution in [2.45, 2.75) is 18.9 Å². The second kappa shape index (κ2) is 5.88. The number of hydrogen-bond donors (Lipinski definition) is 1. The van der Waals surface area contributed by atoms with Crippen molar-refractivity contribution in [3.05, 3.63) is 35.6 Å². The Hall–Kier alpha value is -1.47. The zero-order chi connectivity index (χ0) is 14.8. The first-order chi connectivity index (χ1) is 9.43. The first-order valence-electron chi connectivity index (χ1n) is 6.39. The Balaban J connectivity index is 2.17. The summed E-state index contributed by atoms with van der Waals surface area (Å²) in [6, 6.07) is 5.84. The highest BCUT2D eigenvalue weighted by Crippen LogP contribution is 2.32. The Morgan fingerprint density at radius 2 is 2.25 bits per heavy atom. The molecular formula is C13H17FN2O3S. The molecule has 7 heteroatoms. The molecule has 1 aromatic rings. The number of hydrogen-bond acceptors (Lipinski definition) is 3. The maximum Gasteiger partial charge on any atom is 0.239 e. The smallest absolute Gasteiger partial charge is 0.239 e. The summed E-state index contributed by atoms with van der Waals surface area (Å²) in [6.07, 6.45) is 1.50. The van der Waals surface area contributed by atoms with Gasteiger partial charge in [0.05, 0.1) is 6.04 Å². The Morgan fingerprint density at radius 3 is 2.90 bits per heavy atom. The molecule has 1 aromatic carbocycles. The third kappa shape index (κ3) is 3.34. The van der Waals surface area contributed by atoms with Crippen molar-refractivity contribution in [1.29, 1.82) is 0 Å². The SMILES string of the molecule is CNS(=O)(=O)CC(=O)N1CCC[C@@H]1c1cccc(F)c1. The predicted octanol–water partition coefficient (Wildman–Crippen LogP) is 1.04. The first kappa shape index (κ1) is 14.9. The molecule has 1 fully saturated rings. The molecular weight excluding hydrogens is 283 g/mol. The van der Waals surface area contributed by atoms with Crippen LogP contribution in [0.3, 0.4) is 0 Å². The van der Waals surface area contributed by atoms with E-state index in [1.54, 1.807) is 12.1 Å². The van der Waals surface area contributed by atoms with E-state index in [1.807, 2.05) is 0 Å². The van der Waals surface area contributed by atoms with Gasteiger partial charge in [0.25, 0.3) is 0 Å². The lowest BCUT2D eigenvalue weighted by molar-refractivity contribution is -0.129. The maximum absolute atomic E-state index is 13.3. The molecule has 0 bridgehead atoms. The van der Waals surface area contributed by atoms with Crippen LogP contribution in [0.1, 0.15) is 24.4 Å². The maximum atomic E-state index is 13.3. The first-order valence-corrected chi connectivity index (χ1v) is 8.04. The van der Waals surface area contributed by atoms with Gasteiger partial charge in [0.1, 0.15) is 11.6 Å². The van der Waals surface area contributed by atoms with Gasteiger partial charge in [-0.05, 0) is 37.6 Å². The minimum absolute atomic E-state index is 0.245. The van der Waals surface area contributed by atoms with Crippen molar-refractivity contribution in [2.75, 3.05) is 19.3 Å². The van der Waals surface area contributed by atoms with Crippen molar-refractivity contribution in [3.8, 4) is 0 Å². The van der Waals surface area contributed by atoms with Gasteiger partial charge in [0.15, 0.2) is 0 Å². The largest absolute Gasteiger partial charge is 0.335 e. The molecule has 0 spiro atoms. The third-order valence-electron chi connectivity index (χ3n) is 3.43. The number of amides is 1. The standard InChI is InChI=1S/C13H17FN2O3S/c1-15-20(18,19)9-13(17)16-7-3-6-12(16)10-4-2-5-11(14)8-10/h2,4-5,8,12,15H,3,6-7,9H2,1H3/t12-/m1/s1. The number of sulfonamides is 1. The van der Waals surface area contributed by atoms with Crippen LogP contribution in [0.25, 0.3) is 0 Å². The predicted molar refractivity (Wildman–Crippen MR) is 72.9 cm³/mol. The van der Waals surface area contributed by atoms with Gasteiger partial charge in [0, 0.05) is 6.54 Å². The van der Waals surface area contributed by atoms with E-state index in [0.29, 0.717) is 12.1 Å². The molecule has 1 amide bonds. The number of nitrogens with zero attached hydrogens (tertiary/aromatic N) is 1. The molecule has 0 radical (unpaired) electrons. The van der Waals surface area contributed by atoms with Gasteiger partial charge < -0.3 is 4.90 Å². The number of rotatable bonds is 4. The number of carbonyl (C=O) groups is 1. The van der Waals surface area contributed by atoms with Crippen LogP contribution in [0.5, 0.6) is 0 Å². The highest BCUT2D eigenvalue weighted by atomic mass is 32.2. The Kier molecular flexibility index (Phi) is 4.39. The van der Waals surface area contributed by atoms with Crippen molar-refractivity contribution in [1.82, 2.24) is 9.62 Å². The van der Waals surface area contributed by atoms with Crippen LogP contribution >= 0.6 is 0 Å². The Labute approximate surface area is 117 Å². The molecule has 0 unspecified atom stereocenters. The zero-order valence-corrected chi connectivity index (χ0v) is 12.0. The molecule has 0 aliphatic carbocycles. The van der Waals surface area contributed by atoms with Crippen molar-refractivity contribution in [2.24, 2.45) is 0 Å². The fraction of sp³-hybridized carbons (Fsp3) is 0.462. The topological polar surface area (TPSA) is 66.5 Å². The Bertz CT molecular complexity index is 603. The molecule has 1 atom stereocenters. The highest BCUT2D eigenvalue weighted by Gasteiger charge is 2.32. The number of likely N-dealkylation sites (tertiary alicyclic amines) is 1. The molecule has 1 heterocycles. The molecule has 5 nitrogen and oxygen atoms in total. The molecule has 20 heavy (non-hydrogen) atoms. The van der Waals surface area contributed by atoms with Crippen LogP contribution in [-0.4, -0.2) is 38.6 Å². The third-order valence-corrected chi connectivity index (χ3v) is 4.68. The van der Waals surface area contributed by atoms with E-state index in [-0.39, 0.29) is 11.9 Å². The van der Waals surface area contributed by atoms with Crippen LogP contribution in [0.2, 0.25) is 0 Å². The molecule has 1 aliphatic heterocycles. The molecule has 1 aliphatic rings. The monoisotopic (exact) mass is 300 g/mol. The van der Waals surface area contributed by atoms with Gasteiger partial charge in [-0.25, -0.2) is 17.5 Å². The van der Waals surface area contributed by atoms with Gasteiger partial charge in [-0.15, -0.1) is 0 Å². The van der Waals surface area contributed by atoms with Gasteiger partial charge in [-0.2, -0.15) is 0 Å². The van der Waals surface area contributed by atoms with Crippen LogP contribution < -0.4 is 4.72 Å². The molecule has 1 N–H and O–H groups in total. The average molecular weight is 300 g/mol. The van der Waals surface area contributed by atoms with Gasteiger partial charge in [-0.1, -0.05) is 12.1 Å². The quantitative estimate of drug-likeness (QED) is 0.903. The lowest BCUT2D eigenvalue weighted by atomic mass is 10.0. The van der Waals surface area contributed by atoms with Crippen LogP contribution in [0, 0.1) is 5.82 Å². The minimum Gasteiger partial charge on any atom is -0.335 e. The van der Waals surface area contributed by atoms with E-state index < -0.39 is 21.7 Å². The van der Waals surface area contributed by atoms with Crippen molar-refractivity contribution >= 4 is 15.9 Å². The van der Waals surface area contributed by atoms with Crippen LogP contribution in [-0.2, 0) is 14.8 Å². The summed E-state index contributed by atoms with van der Waals surface area (Å²) < 4.78 is 38.3. The van der Waals surface area contributed by atoms with Crippen molar-refractivity contribution in [3.63, 3.8) is 0 Å². The van der Waals surface area contributed by atoms with Gasteiger partial charge in [0.2, 0.25) is 15.9 Å². The summed E-state index contributed by atoms with van der Waals surface area (Å²) in [5, 5.41) is 0. The zero-order valence-electron chi connectivity index (χ0n) is 11.2. The number of nitrogens with one attached hydrogen (secondary N) is 1. The summed E-state index contributed by atoms with van der Waals surface area (Å²) in [7, 11) is -2.31. The molecule has 0 aromatic heterocycles. The lowest BCUT2D eigenvalue weighted by Gasteiger charge is -2.25. The lowest BCUT2D eigenvalue weighted by Crippen LogP contribution is -2.38. The van der Waals surface area contributed by atoms with E-state index in [1.165, 1.54) is 24.1 Å². The van der Waals surface area contributed by atoms with E-state index in [2.05, 4.69) is 4.72 Å². The number of carbonyl (C=O) groups excluding carboxylic acids is 1. The minimum atomic E-state index is -3.59. The molecule has 0 saturated carbocycles. The summed E-state index contributed by atoms with van der Waals surface area (Å²) >= 11 is 0. The summed E-state index contributed by atoms with van der Waals surface area (Å²) in [5.74, 6) is -1.38. The molecule has 1 saturated heterocycles.